The van der Waals surface area contributed by atoms with Gasteiger partial charge >= 0.3 is 6.03 Å². The average Bonchev–Trinajstić information content (AvgIpc) is 3.48. The second kappa shape index (κ2) is 14.5. The smallest absolute Gasteiger partial charge is 0.322 e. The first kappa shape index (κ1) is 28.4. The lowest BCUT2D eigenvalue weighted by Crippen LogP contribution is -2.48. The highest BCUT2D eigenvalue weighted by Gasteiger charge is 2.24. The molecule has 3 amide bonds. The van der Waals surface area contributed by atoms with Crippen LogP contribution in [-0.2, 0) is 22.6 Å². The largest absolute Gasteiger partial charge is 0.497 e. The average molecular weight is 553 g/mol. The van der Waals surface area contributed by atoms with Gasteiger partial charge in [0.25, 0.3) is 0 Å². The lowest BCUT2D eigenvalue weighted by molar-refractivity contribution is -0.133. The van der Waals surface area contributed by atoms with E-state index in [0.29, 0.717) is 56.6 Å². The van der Waals surface area contributed by atoms with Crippen LogP contribution in [0.3, 0.4) is 0 Å². The number of ether oxygens (including phenoxy) is 3. The number of amides is 3. The zero-order chi connectivity index (χ0) is 27.5. The van der Waals surface area contributed by atoms with Crippen LogP contribution in [0.5, 0.6) is 11.5 Å². The van der Waals surface area contributed by atoms with Crippen molar-refractivity contribution in [3.05, 3.63) is 76.5 Å². The summed E-state index contributed by atoms with van der Waals surface area (Å²) < 4.78 is 16.2. The summed E-state index contributed by atoms with van der Waals surface area (Å²) in [7, 11) is 3.12. The molecular formula is C29H36N4O5S. The molecule has 9 nitrogen and oxygen atoms in total. The topological polar surface area (TPSA) is 83.6 Å². The zero-order valence-corrected chi connectivity index (χ0v) is 23.3. The summed E-state index contributed by atoms with van der Waals surface area (Å²) in [5, 5.41) is 4.94. The van der Waals surface area contributed by atoms with Gasteiger partial charge in [-0.1, -0.05) is 36.4 Å². The number of urea groups is 1. The van der Waals surface area contributed by atoms with E-state index in [1.165, 1.54) is 0 Å². The third kappa shape index (κ3) is 8.71. The highest BCUT2D eigenvalue weighted by atomic mass is 32.1. The Kier molecular flexibility index (Phi) is 10.6. The van der Waals surface area contributed by atoms with Crippen LogP contribution in [0.15, 0.2) is 66.0 Å². The quantitative estimate of drug-likeness (QED) is 0.363. The molecule has 4 rings (SSSR count). The number of anilines is 1. The fourth-order valence-electron chi connectivity index (χ4n) is 4.31. The predicted molar refractivity (Wildman–Crippen MR) is 152 cm³/mol. The predicted octanol–water partition coefficient (Wildman–Crippen LogP) is 4.16. The summed E-state index contributed by atoms with van der Waals surface area (Å²) in [5.41, 5.74) is 1.56. The number of methoxy groups -OCH3 is 2. The second-order valence-electron chi connectivity index (χ2n) is 9.22. The minimum absolute atomic E-state index is 0.0461. The molecule has 0 bridgehead atoms. The summed E-state index contributed by atoms with van der Waals surface area (Å²) >= 11 is 1.61. The zero-order valence-electron chi connectivity index (χ0n) is 22.5. The van der Waals surface area contributed by atoms with Crippen molar-refractivity contribution in [3.63, 3.8) is 0 Å². The van der Waals surface area contributed by atoms with E-state index < -0.39 is 0 Å². The lowest BCUT2D eigenvalue weighted by atomic mass is 10.2. The number of hydrogen-bond donors (Lipinski definition) is 1. The van der Waals surface area contributed by atoms with Gasteiger partial charge in [-0.25, -0.2) is 4.79 Å². The molecule has 2 aromatic carbocycles. The van der Waals surface area contributed by atoms with Crippen molar-refractivity contribution in [1.82, 2.24) is 14.7 Å². The molecule has 1 aliphatic rings. The molecule has 1 saturated heterocycles. The number of nitrogens with one attached hydrogen (secondary N) is 1. The van der Waals surface area contributed by atoms with Gasteiger partial charge in [-0.15, -0.1) is 11.3 Å². The lowest BCUT2D eigenvalue weighted by Gasteiger charge is -2.31. The standard InChI is InChI=1S/C29H36N4O5S/c1-36-25-17-24(18-26(19-25)37-2)30-29(35)32(11-10-31-12-14-38-15-13-31)22-28(34)33(21-27-9-6-16-39-27)20-23-7-4-3-5-8-23/h3-9,16-19H,10-15,20-22H2,1-2H3,(H,30,35). The Morgan fingerprint density at radius 1 is 0.949 bits per heavy atom. The number of morpholine rings is 1. The molecular weight excluding hydrogens is 516 g/mol. The van der Waals surface area contributed by atoms with Crippen LogP contribution < -0.4 is 14.8 Å². The van der Waals surface area contributed by atoms with Crippen molar-refractivity contribution in [3.8, 4) is 11.5 Å². The fraction of sp³-hybridized carbons (Fsp3) is 0.379. The number of carbonyl (C=O) groups is 2. The first-order valence-corrected chi connectivity index (χ1v) is 13.8. The number of carbonyl (C=O) groups excluding carboxylic acids is 2. The van der Waals surface area contributed by atoms with E-state index in [2.05, 4.69) is 10.2 Å². The molecule has 2 heterocycles. The second-order valence-corrected chi connectivity index (χ2v) is 10.3. The summed E-state index contributed by atoms with van der Waals surface area (Å²) in [6.45, 7) is 4.88. The van der Waals surface area contributed by atoms with E-state index in [1.807, 2.05) is 52.7 Å². The van der Waals surface area contributed by atoms with Crippen molar-refractivity contribution in [2.24, 2.45) is 0 Å². The molecule has 10 heteroatoms. The Hall–Kier alpha value is -3.60. The van der Waals surface area contributed by atoms with Crippen molar-refractivity contribution in [2.75, 3.05) is 65.5 Å². The Balaban J connectivity index is 1.51. The van der Waals surface area contributed by atoms with Crippen LogP contribution >= 0.6 is 11.3 Å². The van der Waals surface area contributed by atoms with Gasteiger partial charge in [-0.3, -0.25) is 9.69 Å². The molecule has 0 atom stereocenters. The van der Waals surface area contributed by atoms with Crippen LogP contribution in [0, 0.1) is 0 Å². The van der Waals surface area contributed by atoms with Gasteiger partial charge in [-0.2, -0.15) is 0 Å². The molecule has 0 radical (unpaired) electrons. The minimum atomic E-state index is -0.359. The maximum atomic E-state index is 13.7. The van der Waals surface area contributed by atoms with Crippen LogP contribution in [0.25, 0.3) is 0 Å². The van der Waals surface area contributed by atoms with Gasteiger partial charge in [0.05, 0.1) is 34.0 Å². The Bertz CT molecular complexity index is 1160. The molecule has 1 fully saturated rings. The third-order valence-electron chi connectivity index (χ3n) is 6.50. The number of benzene rings is 2. The molecule has 1 aliphatic heterocycles. The van der Waals surface area contributed by atoms with Gasteiger partial charge in [0, 0.05) is 61.5 Å². The Morgan fingerprint density at radius 3 is 2.31 bits per heavy atom. The summed E-state index contributed by atoms with van der Waals surface area (Å²) in [6.07, 6.45) is 0. The fourth-order valence-corrected chi connectivity index (χ4v) is 5.03. The molecule has 1 aromatic heterocycles. The van der Waals surface area contributed by atoms with Crippen molar-refractivity contribution in [2.45, 2.75) is 13.1 Å². The van der Waals surface area contributed by atoms with Crippen LogP contribution in [0.1, 0.15) is 10.4 Å². The first-order valence-electron chi connectivity index (χ1n) is 13.0. The maximum absolute atomic E-state index is 13.7. The van der Waals surface area contributed by atoms with Gasteiger partial charge in [-0.05, 0) is 17.0 Å². The Morgan fingerprint density at radius 2 is 1.67 bits per heavy atom. The molecule has 0 saturated carbocycles. The van der Waals surface area contributed by atoms with Crippen molar-refractivity contribution in [1.29, 1.82) is 0 Å². The van der Waals surface area contributed by atoms with Gasteiger partial charge in [0.15, 0.2) is 0 Å². The number of thiophene rings is 1. The monoisotopic (exact) mass is 552 g/mol. The van der Waals surface area contributed by atoms with Gasteiger partial charge < -0.3 is 29.3 Å². The molecule has 1 N–H and O–H groups in total. The van der Waals surface area contributed by atoms with E-state index in [9.17, 15) is 9.59 Å². The highest BCUT2D eigenvalue weighted by Crippen LogP contribution is 2.26. The van der Waals surface area contributed by atoms with Crippen molar-refractivity contribution < 1.29 is 23.8 Å². The number of hydrogen-bond acceptors (Lipinski definition) is 7. The number of nitrogens with zero attached hydrogens (tertiary/aromatic N) is 3. The molecule has 0 aliphatic carbocycles. The first-order chi connectivity index (χ1) is 19.0. The van der Waals surface area contributed by atoms with Crippen molar-refractivity contribution >= 4 is 29.0 Å². The highest BCUT2D eigenvalue weighted by molar-refractivity contribution is 7.09. The van der Waals surface area contributed by atoms with E-state index in [0.717, 1.165) is 23.5 Å². The van der Waals surface area contributed by atoms with E-state index in [4.69, 9.17) is 14.2 Å². The maximum Gasteiger partial charge on any atom is 0.322 e. The number of rotatable bonds is 12. The SMILES string of the molecule is COc1cc(NC(=O)N(CCN2CCOCC2)CC(=O)N(Cc2ccccc2)Cc2cccs2)cc(OC)c1. The molecule has 0 spiro atoms. The van der Waals surface area contributed by atoms with Crippen LogP contribution in [-0.4, -0.2) is 86.8 Å². The van der Waals surface area contributed by atoms with Gasteiger partial charge in [0.1, 0.15) is 18.0 Å². The molecule has 0 unspecified atom stereocenters. The molecule has 39 heavy (non-hydrogen) atoms. The van der Waals surface area contributed by atoms with Crippen LogP contribution in [0.2, 0.25) is 0 Å². The van der Waals surface area contributed by atoms with Crippen LogP contribution in [0.4, 0.5) is 10.5 Å². The molecule has 3 aromatic rings. The van der Waals surface area contributed by atoms with E-state index >= 15 is 0 Å². The summed E-state index contributed by atoms with van der Waals surface area (Å²) in [6, 6.07) is 18.7. The van der Waals surface area contributed by atoms with Gasteiger partial charge in [0.2, 0.25) is 5.91 Å². The third-order valence-corrected chi connectivity index (χ3v) is 7.36. The van der Waals surface area contributed by atoms with E-state index in [-0.39, 0.29) is 18.5 Å². The Labute approximate surface area is 233 Å². The summed E-state index contributed by atoms with van der Waals surface area (Å²) in [4.78, 5) is 34.0. The van der Waals surface area contributed by atoms with E-state index in [1.54, 1.807) is 48.7 Å². The summed E-state index contributed by atoms with van der Waals surface area (Å²) in [5.74, 6) is 1.00. The molecule has 208 valence electrons. The normalized spacial score (nSPS) is 13.5. The minimum Gasteiger partial charge on any atom is -0.497 e.